The molecule has 2 heterocycles. The van der Waals surface area contributed by atoms with Gasteiger partial charge in [-0.3, -0.25) is 14.4 Å². The number of nitrogens with zero attached hydrogens (tertiary/aromatic N) is 3. The van der Waals surface area contributed by atoms with E-state index < -0.39 is 11.4 Å². The van der Waals surface area contributed by atoms with Crippen LogP contribution in [0.1, 0.15) is 36.0 Å². The first-order valence-corrected chi connectivity index (χ1v) is 9.22. The monoisotopic (exact) mass is 370 g/mol. The number of amides is 2. The van der Waals surface area contributed by atoms with E-state index in [2.05, 4.69) is 9.97 Å². The first-order valence-electron chi connectivity index (χ1n) is 9.22. The van der Waals surface area contributed by atoms with Crippen LogP contribution in [0.3, 0.4) is 0 Å². The smallest absolute Gasteiger partial charge is 0.310 e. The number of H-pyrrole nitrogens is 1. The normalized spacial score (nSPS) is 19.0. The topological polar surface area (TPSA) is 107 Å². The second-order valence-electron chi connectivity index (χ2n) is 7.42. The van der Waals surface area contributed by atoms with E-state index in [1.54, 1.807) is 28.3 Å². The van der Waals surface area contributed by atoms with Crippen molar-refractivity contribution < 1.29 is 19.5 Å². The van der Waals surface area contributed by atoms with Crippen LogP contribution in [0.2, 0.25) is 0 Å². The maximum Gasteiger partial charge on any atom is 0.310 e. The molecule has 1 aliphatic heterocycles. The molecule has 0 atom stereocenters. The number of piperazine rings is 1. The number of fused-ring (bicyclic) bond motifs is 1. The van der Waals surface area contributed by atoms with Crippen molar-refractivity contribution in [3.05, 3.63) is 30.1 Å². The molecule has 1 aromatic heterocycles. The van der Waals surface area contributed by atoms with Gasteiger partial charge in [-0.1, -0.05) is 6.42 Å². The van der Waals surface area contributed by atoms with E-state index in [0.29, 0.717) is 44.6 Å². The second kappa shape index (κ2) is 6.68. The lowest BCUT2D eigenvalue weighted by molar-refractivity contribution is -0.159. The number of aromatic amines is 1. The van der Waals surface area contributed by atoms with Gasteiger partial charge in [0.1, 0.15) is 0 Å². The number of carbonyl (C=O) groups is 3. The molecule has 8 nitrogen and oxygen atoms in total. The Morgan fingerprint density at radius 2 is 1.81 bits per heavy atom. The number of aromatic nitrogens is 2. The molecule has 27 heavy (non-hydrogen) atoms. The van der Waals surface area contributed by atoms with Crippen LogP contribution in [-0.4, -0.2) is 68.8 Å². The standard InChI is InChI=1S/C19H22N4O4/c24-16(11-19(18(26)27)4-1-5-19)22-6-8-23(9-7-22)17(25)13-2-3-14-15(10-13)21-12-20-14/h2-3,10,12H,1,4-9,11H2,(H,20,21)(H,26,27). The van der Waals surface area contributed by atoms with Crippen molar-refractivity contribution >= 4 is 28.8 Å². The zero-order valence-corrected chi connectivity index (χ0v) is 15.0. The third kappa shape index (κ3) is 3.15. The Kier molecular flexibility index (Phi) is 4.33. The van der Waals surface area contributed by atoms with Gasteiger partial charge in [0.05, 0.1) is 22.8 Å². The molecule has 142 valence electrons. The average Bonchev–Trinajstić information content (AvgIpc) is 3.11. The number of rotatable bonds is 4. The highest BCUT2D eigenvalue weighted by Gasteiger charge is 2.46. The molecule has 0 bridgehead atoms. The minimum Gasteiger partial charge on any atom is -0.481 e. The number of benzene rings is 1. The lowest BCUT2D eigenvalue weighted by Crippen LogP contribution is -2.52. The van der Waals surface area contributed by atoms with Crippen molar-refractivity contribution in [2.24, 2.45) is 5.41 Å². The lowest BCUT2D eigenvalue weighted by Gasteiger charge is -2.40. The maximum atomic E-state index is 12.7. The Hall–Kier alpha value is -2.90. The molecule has 2 N–H and O–H groups in total. The summed E-state index contributed by atoms with van der Waals surface area (Å²) in [5, 5.41) is 9.40. The predicted octanol–water partition coefficient (Wildman–Crippen LogP) is 1.49. The molecular formula is C19H22N4O4. The van der Waals surface area contributed by atoms with E-state index in [9.17, 15) is 19.5 Å². The predicted molar refractivity (Wildman–Crippen MR) is 97.1 cm³/mol. The molecule has 0 spiro atoms. The van der Waals surface area contributed by atoms with Crippen molar-refractivity contribution in [3.63, 3.8) is 0 Å². The quantitative estimate of drug-likeness (QED) is 0.848. The highest BCUT2D eigenvalue weighted by Crippen LogP contribution is 2.44. The molecule has 8 heteroatoms. The molecule has 1 saturated carbocycles. The van der Waals surface area contributed by atoms with E-state index >= 15 is 0 Å². The van der Waals surface area contributed by atoms with Gasteiger partial charge in [0, 0.05) is 38.2 Å². The Bertz CT molecular complexity index is 894. The summed E-state index contributed by atoms with van der Waals surface area (Å²) < 4.78 is 0. The lowest BCUT2D eigenvalue weighted by atomic mass is 9.66. The van der Waals surface area contributed by atoms with Crippen LogP contribution >= 0.6 is 0 Å². The number of imidazole rings is 1. The number of hydrogen-bond donors (Lipinski definition) is 2. The zero-order chi connectivity index (χ0) is 19.0. The molecule has 4 rings (SSSR count). The average molecular weight is 370 g/mol. The first kappa shape index (κ1) is 17.5. The molecule has 1 saturated heterocycles. The highest BCUT2D eigenvalue weighted by molar-refractivity contribution is 5.97. The molecule has 0 unspecified atom stereocenters. The van der Waals surface area contributed by atoms with Crippen LogP contribution in [-0.2, 0) is 9.59 Å². The van der Waals surface area contributed by atoms with E-state index in [1.165, 1.54) is 0 Å². The SMILES string of the molecule is O=C(CC1(C(=O)O)CCC1)N1CCN(C(=O)c2ccc3nc[nH]c3c2)CC1. The Labute approximate surface area is 156 Å². The van der Waals surface area contributed by atoms with E-state index in [-0.39, 0.29) is 18.2 Å². The fourth-order valence-corrected chi connectivity index (χ4v) is 3.88. The van der Waals surface area contributed by atoms with Crippen LogP contribution in [0.5, 0.6) is 0 Å². The largest absolute Gasteiger partial charge is 0.481 e. The van der Waals surface area contributed by atoms with E-state index in [0.717, 1.165) is 17.5 Å². The van der Waals surface area contributed by atoms with Crippen LogP contribution < -0.4 is 0 Å². The van der Waals surface area contributed by atoms with Crippen LogP contribution in [0.15, 0.2) is 24.5 Å². The van der Waals surface area contributed by atoms with Gasteiger partial charge in [0.2, 0.25) is 5.91 Å². The van der Waals surface area contributed by atoms with Crippen molar-refractivity contribution in [2.45, 2.75) is 25.7 Å². The summed E-state index contributed by atoms with van der Waals surface area (Å²) in [6, 6.07) is 5.36. The fraction of sp³-hybridized carbons (Fsp3) is 0.474. The summed E-state index contributed by atoms with van der Waals surface area (Å²) in [5.41, 5.74) is 1.34. The van der Waals surface area contributed by atoms with Crippen molar-refractivity contribution in [3.8, 4) is 0 Å². The molecule has 2 aliphatic rings. The molecule has 0 radical (unpaired) electrons. The minimum atomic E-state index is -0.872. The molecule has 1 aliphatic carbocycles. The van der Waals surface area contributed by atoms with E-state index in [1.807, 2.05) is 6.07 Å². The second-order valence-corrected chi connectivity index (χ2v) is 7.42. The summed E-state index contributed by atoms with van der Waals surface area (Å²) >= 11 is 0. The minimum absolute atomic E-state index is 0.0623. The fourth-order valence-electron chi connectivity index (χ4n) is 3.88. The summed E-state index contributed by atoms with van der Waals surface area (Å²) in [5.74, 6) is -1.06. The number of carbonyl (C=O) groups excluding carboxylic acids is 2. The highest BCUT2D eigenvalue weighted by atomic mass is 16.4. The van der Waals surface area contributed by atoms with Gasteiger partial charge in [-0.05, 0) is 31.0 Å². The van der Waals surface area contributed by atoms with Gasteiger partial charge in [-0.2, -0.15) is 0 Å². The molecular weight excluding hydrogens is 348 g/mol. The summed E-state index contributed by atoms with van der Waals surface area (Å²) in [7, 11) is 0. The van der Waals surface area contributed by atoms with Gasteiger partial charge in [-0.15, -0.1) is 0 Å². The first-order chi connectivity index (χ1) is 13.0. The maximum absolute atomic E-state index is 12.7. The number of hydrogen-bond acceptors (Lipinski definition) is 4. The number of carboxylic acids is 1. The van der Waals surface area contributed by atoms with Crippen molar-refractivity contribution in [1.29, 1.82) is 0 Å². The van der Waals surface area contributed by atoms with Crippen LogP contribution in [0, 0.1) is 5.41 Å². The van der Waals surface area contributed by atoms with Crippen LogP contribution in [0.4, 0.5) is 0 Å². The summed E-state index contributed by atoms with van der Waals surface area (Å²) in [6.07, 6.45) is 3.66. The molecule has 2 aromatic rings. The Morgan fingerprint density at radius 1 is 1.11 bits per heavy atom. The number of aliphatic carboxylic acids is 1. The zero-order valence-electron chi connectivity index (χ0n) is 15.0. The van der Waals surface area contributed by atoms with Gasteiger partial charge in [-0.25, -0.2) is 4.98 Å². The molecule has 2 fully saturated rings. The van der Waals surface area contributed by atoms with Gasteiger partial charge in [0.15, 0.2) is 0 Å². The van der Waals surface area contributed by atoms with E-state index in [4.69, 9.17) is 0 Å². The van der Waals surface area contributed by atoms with Gasteiger partial charge < -0.3 is 19.9 Å². The number of nitrogens with one attached hydrogen (secondary N) is 1. The summed E-state index contributed by atoms with van der Waals surface area (Å²) in [6.45, 7) is 1.77. The van der Waals surface area contributed by atoms with Crippen LogP contribution in [0.25, 0.3) is 11.0 Å². The third-order valence-corrected chi connectivity index (χ3v) is 5.84. The molecule has 2 amide bonds. The van der Waals surface area contributed by atoms with Crippen molar-refractivity contribution in [2.75, 3.05) is 26.2 Å². The Morgan fingerprint density at radius 3 is 2.44 bits per heavy atom. The van der Waals surface area contributed by atoms with Gasteiger partial charge in [0.25, 0.3) is 5.91 Å². The van der Waals surface area contributed by atoms with Gasteiger partial charge >= 0.3 is 5.97 Å². The Balaban J connectivity index is 1.36. The van der Waals surface area contributed by atoms with Crippen molar-refractivity contribution in [1.82, 2.24) is 19.8 Å². The number of carboxylic acid groups (broad SMARTS) is 1. The third-order valence-electron chi connectivity index (χ3n) is 5.84. The molecule has 1 aromatic carbocycles. The summed E-state index contributed by atoms with van der Waals surface area (Å²) in [4.78, 5) is 47.3.